The molecule has 2 N–H and O–H groups in total. The molecular formula is C25H29FN4O6. The molecule has 2 fully saturated rings. The number of nitrogens with zero attached hydrogens (tertiary/aromatic N) is 3. The number of rotatable bonds is 5. The summed E-state index contributed by atoms with van der Waals surface area (Å²) in [4.78, 5) is 44.0. The van der Waals surface area contributed by atoms with Crippen LogP contribution in [0.2, 0.25) is 0 Å². The third-order valence-corrected chi connectivity index (χ3v) is 6.55. The number of hydroxylamine groups is 1. The Labute approximate surface area is 208 Å². The van der Waals surface area contributed by atoms with Crippen LogP contribution in [-0.4, -0.2) is 84.9 Å². The van der Waals surface area contributed by atoms with Crippen LogP contribution in [0.1, 0.15) is 6.42 Å². The van der Waals surface area contributed by atoms with Crippen molar-refractivity contribution in [3.8, 4) is 5.75 Å². The maximum Gasteiger partial charge on any atom is 0.410 e. The average molecular weight is 501 g/mol. The number of carbonyl (C=O) groups is 3. The number of ether oxygens (including phenoxy) is 2. The number of methoxy groups -OCH3 is 1. The van der Waals surface area contributed by atoms with E-state index in [-0.39, 0.29) is 18.7 Å². The summed E-state index contributed by atoms with van der Waals surface area (Å²) in [6.45, 7) is 1.91. The second-order valence-corrected chi connectivity index (χ2v) is 8.73. The summed E-state index contributed by atoms with van der Waals surface area (Å²) in [5, 5.41) is 9.40. The number of halogens is 1. The highest BCUT2D eigenvalue weighted by atomic mass is 19.1. The number of amides is 3. The molecule has 192 valence electrons. The lowest BCUT2D eigenvalue weighted by molar-refractivity contribution is -0.151. The Morgan fingerprint density at radius 1 is 1.03 bits per heavy atom. The average Bonchev–Trinajstić information content (AvgIpc) is 2.92. The standard InChI is InChI=1S/C25H29FN4O6/c1-35-25(33)30-16-20(36-19-9-5-6-17(26)14-19)15-21(23(31)27-34)22(30)24(32)29-12-10-28(11-13-29)18-7-3-2-4-8-18/h2-9,14,20-22,34H,10-13,15-16H2,1H3,(H,27,31)/t20-,21-,22-/m0/s1. The summed E-state index contributed by atoms with van der Waals surface area (Å²) >= 11 is 0. The third-order valence-electron chi connectivity index (χ3n) is 6.55. The van der Waals surface area contributed by atoms with Gasteiger partial charge in [0.15, 0.2) is 0 Å². The number of piperazine rings is 1. The summed E-state index contributed by atoms with van der Waals surface area (Å²) in [5.74, 6) is -2.63. The summed E-state index contributed by atoms with van der Waals surface area (Å²) in [5.41, 5.74) is 2.66. The maximum atomic E-state index is 13.7. The first-order valence-electron chi connectivity index (χ1n) is 11.7. The zero-order valence-corrected chi connectivity index (χ0v) is 19.9. The fraction of sp³-hybridized carbons (Fsp3) is 0.400. The van der Waals surface area contributed by atoms with E-state index in [9.17, 15) is 24.0 Å². The van der Waals surface area contributed by atoms with E-state index in [2.05, 4.69) is 4.90 Å². The van der Waals surface area contributed by atoms with Crippen molar-refractivity contribution in [2.24, 2.45) is 5.92 Å². The van der Waals surface area contributed by atoms with Gasteiger partial charge in [-0.1, -0.05) is 24.3 Å². The molecule has 0 spiro atoms. The van der Waals surface area contributed by atoms with Crippen molar-refractivity contribution in [2.75, 3.05) is 44.7 Å². The van der Waals surface area contributed by atoms with E-state index in [0.29, 0.717) is 26.2 Å². The number of likely N-dealkylation sites (tertiary alicyclic amines) is 1. The molecule has 2 heterocycles. The summed E-state index contributed by atoms with van der Waals surface area (Å²) in [6.07, 6.45) is -1.52. The molecule has 36 heavy (non-hydrogen) atoms. The summed E-state index contributed by atoms with van der Waals surface area (Å²) in [6, 6.07) is 14.1. The zero-order valence-electron chi connectivity index (χ0n) is 19.9. The van der Waals surface area contributed by atoms with Crippen LogP contribution in [0.5, 0.6) is 5.75 Å². The highest BCUT2D eigenvalue weighted by Crippen LogP contribution is 2.30. The molecule has 4 rings (SSSR count). The molecule has 0 aliphatic carbocycles. The van der Waals surface area contributed by atoms with Crippen LogP contribution in [0.25, 0.3) is 0 Å². The second kappa shape index (κ2) is 11.3. The number of nitrogens with one attached hydrogen (secondary N) is 1. The molecule has 2 aromatic rings. The quantitative estimate of drug-likeness (QED) is 0.476. The molecule has 3 amide bonds. The number of hydrogen-bond acceptors (Lipinski definition) is 7. The molecule has 0 saturated carbocycles. The van der Waals surface area contributed by atoms with E-state index in [4.69, 9.17) is 9.47 Å². The topological polar surface area (TPSA) is 112 Å². The lowest BCUT2D eigenvalue weighted by atomic mass is 9.86. The number of piperidine rings is 1. The SMILES string of the molecule is COC(=O)N1C[C@@H](Oc2cccc(F)c2)C[C@H](C(=O)NO)[C@H]1C(=O)N1CCN(c2ccccc2)CC1. The van der Waals surface area contributed by atoms with Gasteiger partial charge in [0.1, 0.15) is 23.7 Å². The Morgan fingerprint density at radius 2 is 1.75 bits per heavy atom. The van der Waals surface area contributed by atoms with Crippen molar-refractivity contribution < 1.29 is 33.5 Å². The Morgan fingerprint density at radius 3 is 2.39 bits per heavy atom. The van der Waals surface area contributed by atoms with Gasteiger partial charge >= 0.3 is 6.09 Å². The largest absolute Gasteiger partial charge is 0.488 e. The minimum atomic E-state index is -1.19. The molecular weight excluding hydrogens is 471 g/mol. The Bertz CT molecular complexity index is 1050. The third kappa shape index (κ3) is 5.51. The van der Waals surface area contributed by atoms with Crippen molar-refractivity contribution in [3.63, 3.8) is 0 Å². The fourth-order valence-corrected chi connectivity index (χ4v) is 4.81. The van der Waals surface area contributed by atoms with Gasteiger partial charge < -0.3 is 19.3 Å². The van der Waals surface area contributed by atoms with Crippen LogP contribution in [0.4, 0.5) is 14.9 Å². The molecule has 10 nitrogen and oxygen atoms in total. The van der Waals surface area contributed by atoms with Gasteiger partial charge in [-0.25, -0.2) is 14.7 Å². The van der Waals surface area contributed by atoms with Crippen LogP contribution < -0.4 is 15.1 Å². The van der Waals surface area contributed by atoms with E-state index in [1.165, 1.54) is 25.3 Å². The van der Waals surface area contributed by atoms with Gasteiger partial charge in [-0.05, 0) is 24.3 Å². The lowest BCUT2D eigenvalue weighted by Gasteiger charge is -2.45. The van der Waals surface area contributed by atoms with Crippen molar-refractivity contribution in [2.45, 2.75) is 18.6 Å². The van der Waals surface area contributed by atoms with E-state index in [1.807, 2.05) is 30.3 Å². The van der Waals surface area contributed by atoms with E-state index < -0.39 is 41.8 Å². The van der Waals surface area contributed by atoms with Crippen LogP contribution in [0.15, 0.2) is 54.6 Å². The van der Waals surface area contributed by atoms with Crippen LogP contribution in [0, 0.1) is 11.7 Å². The Hall–Kier alpha value is -3.86. The summed E-state index contributed by atoms with van der Waals surface area (Å²) < 4.78 is 24.4. The number of anilines is 1. The molecule has 2 aliphatic heterocycles. The van der Waals surface area contributed by atoms with Crippen molar-refractivity contribution in [1.82, 2.24) is 15.3 Å². The number of para-hydroxylation sites is 1. The lowest BCUT2D eigenvalue weighted by Crippen LogP contribution is -2.64. The first-order valence-corrected chi connectivity index (χ1v) is 11.7. The second-order valence-electron chi connectivity index (χ2n) is 8.73. The zero-order chi connectivity index (χ0) is 25.7. The molecule has 2 aromatic carbocycles. The van der Waals surface area contributed by atoms with Gasteiger partial charge in [0.25, 0.3) is 0 Å². The molecule has 11 heteroatoms. The van der Waals surface area contributed by atoms with Crippen LogP contribution >= 0.6 is 0 Å². The predicted octanol–water partition coefficient (Wildman–Crippen LogP) is 1.88. The predicted molar refractivity (Wildman–Crippen MR) is 127 cm³/mol. The minimum absolute atomic E-state index is 0.0246. The molecule has 3 atom stereocenters. The smallest absolute Gasteiger partial charge is 0.410 e. The van der Waals surface area contributed by atoms with Crippen LogP contribution in [-0.2, 0) is 14.3 Å². The fourth-order valence-electron chi connectivity index (χ4n) is 4.81. The van der Waals surface area contributed by atoms with Gasteiger partial charge in [-0.15, -0.1) is 0 Å². The summed E-state index contributed by atoms with van der Waals surface area (Å²) in [7, 11) is 1.18. The molecule has 0 unspecified atom stereocenters. The molecule has 2 aliphatic rings. The number of hydrogen-bond donors (Lipinski definition) is 2. The molecule has 0 radical (unpaired) electrons. The molecule has 0 aromatic heterocycles. The van der Waals surface area contributed by atoms with Crippen molar-refractivity contribution in [1.29, 1.82) is 0 Å². The molecule has 0 bridgehead atoms. The van der Waals surface area contributed by atoms with Gasteiger partial charge in [0.05, 0.1) is 19.6 Å². The van der Waals surface area contributed by atoms with Crippen molar-refractivity contribution >= 4 is 23.6 Å². The van der Waals surface area contributed by atoms with E-state index >= 15 is 0 Å². The van der Waals surface area contributed by atoms with Gasteiger partial charge in [-0.2, -0.15) is 0 Å². The Balaban J connectivity index is 1.53. The first-order chi connectivity index (χ1) is 17.4. The number of benzene rings is 2. The molecule has 2 saturated heterocycles. The minimum Gasteiger partial charge on any atom is -0.488 e. The van der Waals surface area contributed by atoms with Crippen LogP contribution in [0.3, 0.4) is 0 Å². The highest BCUT2D eigenvalue weighted by Gasteiger charge is 2.49. The van der Waals surface area contributed by atoms with Gasteiger partial charge in [0, 0.05) is 44.4 Å². The monoisotopic (exact) mass is 500 g/mol. The normalized spacial score (nSPS) is 22.1. The van der Waals surface area contributed by atoms with Gasteiger partial charge in [0.2, 0.25) is 11.8 Å². The first kappa shape index (κ1) is 25.2. The van der Waals surface area contributed by atoms with Crippen molar-refractivity contribution in [3.05, 3.63) is 60.4 Å². The van der Waals surface area contributed by atoms with E-state index in [0.717, 1.165) is 10.6 Å². The van der Waals surface area contributed by atoms with Gasteiger partial charge in [-0.3, -0.25) is 19.7 Å². The maximum absolute atomic E-state index is 13.7. The number of carbonyl (C=O) groups excluding carboxylic acids is 3. The van der Waals surface area contributed by atoms with E-state index in [1.54, 1.807) is 16.4 Å². The highest BCUT2D eigenvalue weighted by molar-refractivity contribution is 5.92. The Kier molecular flexibility index (Phi) is 7.89.